The molecule has 0 radical (unpaired) electrons. The molecular weight excluding hydrogens is 548 g/mol. The van der Waals surface area contributed by atoms with Crippen LogP contribution in [0.4, 0.5) is 5.69 Å². The van der Waals surface area contributed by atoms with Gasteiger partial charge in [0, 0.05) is 14.5 Å². The zero-order valence-electron chi connectivity index (χ0n) is 12.9. The molecule has 0 spiro atoms. The van der Waals surface area contributed by atoms with Crippen LogP contribution < -0.4 is 16.0 Å². The number of amides is 1. The van der Waals surface area contributed by atoms with E-state index in [1.54, 1.807) is 24.3 Å². The van der Waals surface area contributed by atoms with E-state index in [-0.39, 0.29) is 5.11 Å². The van der Waals surface area contributed by atoms with Gasteiger partial charge in [0.25, 0.3) is 5.91 Å². The van der Waals surface area contributed by atoms with Crippen molar-refractivity contribution in [3.05, 3.63) is 63.0 Å². The van der Waals surface area contributed by atoms with Gasteiger partial charge in [-0.05, 0) is 58.5 Å². The van der Waals surface area contributed by atoms with Crippen LogP contribution in [0.3, 0.4) is 0 Å². The number of carbonyl (C=O) groups excluding carboxylic acids is 1. The first-order chi connectivity index (χ1) is 12.2. The van der Waals surface area contributed by atoms with Crippen molar-refractivity contribution < 1.29 is 4.79 Å². The molecule has 4 nitrogen and oxygen atoms in total. The van der Waals surface area contributed by atoms with Gasteiger partial charge in [0.05, 0.1) is 5.69 Å². The van der Waals surface area contributed by atoms with E-state index in [4.69, 9.17) is 47.0 Å². The van der Waals surface area contributed by atoms with Gasteiger partial charge >= 0.3 is 0 Å². The highest BCUT2D eigenvalue weighted by Gasteiger charge is 2.35. The fourth-order valence-corrected chi connectivity index (χ4v) is 3.23. The number of alkyl halides is 3. The molecule has 0 aliphatic heterocycles. The maximum Gasteiger partial charge on any atom is 0.253 e. The molecule has 0 bridgehead atoms. The van der Waals surface area contributed by atoms with E-state index in [1.807, 2.05) is 24.3 Å². The summed E-state index contributed by atoms with van der Waals surface area (Å²) < 4.78 is -0.260. The largest absolute Gasteiger partial charge is 0.339 e. The van der Waals surface area contributed by atoms with Crippen LogP contribution in [-0.2, 0) is 0 Å². The van der Waals surface area contributed by atoms with Gasteiger partial charge in [0.2, 0.25) is 3.79 Å². The van der Waals surface area contributed by atoms with E-state index in [0.29, 0.717) is 5.56 Å². The monoisotopic (exact) mass is 557 g/mol. The zero-order valence-corrected chi connectivity index (χ0v) is 19.2. The molecule has 26 heavy (non-hydrogen) atoms. The molecular formula is C16H12Br2Cl3N3OS. The Labute approximate surface area is 188 Å². The van der Waals surface area contributed by atoms with Crippen molar-refractivity contribution in [2.45, 2.75) is 9.96 Å². The van der Waals surface area contributed by atoms with Gasteiger partial charge in [0.1, 0.15) is 6.17 Å². The van der Waals surface area contributed by atoms with Gasteiger partial charge in [-0.25, -0.2) is 0 Å². The molecule has 1 unspecified atom stereocenters. The predicted molar refractivity (Wildman–Crippen MR) is 119 cm³/mol. The van der Waals surface area contributed by atoms with Crippen LogP contribution in [0.25, 0.3) is 0 Å². The smallest absolute Gasteiger partial charge is 0.253 e. The molecule has 1 amide bonds. The van der Waals surface area contributed by atoms with E-state index >= 15 is 0 Å². The third-order valence-corrected chi connectivity index (χ3v) is 5.15. The Morgan fingerprint density at radius 2 is 1.73 bits per heavy atom. The fraction of sp³-hybridized carbons (Fsp3) is 0.125. The Hall–Kier alpha value is -0.570. The summed E-state index contributed by atoms with van der Waals surface area (Å²) in [7, 11) is 0. The highest BCUT2D eigenvalue weighted by molar-refractivity contribution is 9.10. The van der Waals surface area contributed by atoms with Gasteiger partial charge in [0.15, 0.2) is 5.11 Å². The van der Waals surface area contributed by atoms with Crippen molar-refractivity contribution in [2.75, 3.05) is 5.32 Å². The minimum absolute atomic E-state index is 0.183. The number of carbonyl (C=O) groups is 1. The lowest BCUT2D eigenvalue weighted by molar-refractivity contribution is 0.0934. The number of benzene rings is 2. The summed E-state index contributed by atoms with van der Waals surface area (Å²) in [5, 5.41) is 8.59. The molecule has 1 atom stereocenters. The molecule has 0 heterocycles. The highest BCUT2D eigenvalue weighted by atomic mass is 79.9. The lowest BCUT2D eigenvalue weighted by Gasteiger charge is -2.28. The Balaban J connectivity index is 2.09. The Kier molecular flexibility index (Phi) is 8.00. The number of hydrogen-bond donors (Lipinski definition) is 3. The lowest BCUT2D eigenvalue weighted by Crippen LogP contribution is -2.56. The van der Waals surface area contributed by atoms with Gasteiger partial charge in [-0.15, -0.1) is 0 Å². The van der Waals surface area contributed by atoms with Gasteiger partial charge in [-0.1, -0.05) is 68.9 Å². The summed E-state index contributed by atoms with van der Waals surface area (Å²) in [5.74, 6) is -0.418. The van der Waals surface area contributed by atoms with Gasteiger partial charge in [-0.2, -0.15) is 0 Å². The highest BCUT2D eigenvalue weighted by Crippen LogP contribution is 2.29. The minimum Gasteiger partial charge on any atom is -0.339 e. The Morgan fingerprint density at radius 3 is 2.35 bits per heavy atom. The lowest BCUT2D eigenvalue weighted by atomic mass is 10.2. The predicted octanol–water partition coefficient (Wildman–Crippen LogP) is 5.62. The number of halogens is 5. The number of para-hydroxylation sites is 1. The van der Waals surface area contributed by atoms with Crippen LogP contribution in [0.2, 0.25) is 0 Å². The first-order valence-electron chi connectivity index (χ1n) is 7.12. The van der Waals surface area contributed by atoms with Crippen molar-refractivity contribution in [1.29, 1.82) is 0 Å². The van der Waals surface area contributed by atoms with Crippen LogP contribution in [0, 0.1) is 0 Å². The molecule has 10 heteroatoms. The molecule has 2 aromatic rings. The molecule has 0 saturated heterocycles. The molecule has 0 fully saturated rings. The van der Waals surface area contributed by atoms with Crippen molar-refractivity contribution in [3.8, 4) is 0 Å². The SMILES string of the molecule is O=C(NC(NC(=S)Nc1ccccc1Br)C(Cl)(Cl)Cl)c1cccc(Br)c1. The summed E-state index contributed by atoms with van der Waals surface area (Å²) in [4.78, 5) is 12.4. The average Bonchev–Trinajstić information content (AvgIpc) is 2.55. The summed E-state index contributed by atoms with van der Waals surface area (Å²) in [6.45, 7) is 0. The summed E-state index contributed by atoms with van der Waals surface area (Å²) >= 11 is 29.9. The van der Waals surface area contributed by atoms with Gasteiger partial charge < -0.3 is 16.0 Å². The van der Waals surface area contributed by atoms with Crippen LogP contribution in [-0.4, -0.2) is 21.0 Å². The second-order valence-corrected chi connectivity index (χ2v) is 9.58. The van der Waals surface area contributed by atoms with Crippen molar-refractivity contribution in [2.24, 2.45) is 0 Å². The number of nitrogens with one attached hydrogen (secondary N) is 3. The maximum absolute atomic E-state index is 12.4. The van der Waals surface area contributed by atoms with Crippen LogP contribution in [0.5, 0.6) is 0 Å². The molecule has 3 N–H and O–H groups in total. The van der Waals surface area contributed by atoms with Crippen molar-refractivity contribution in [3.63, 3.8) is 0 Å². The number of thiocarbonyl (C=S) groups is 1. The molecule has 138 valence electrons. The molecule has 2 rings (SSSR count). The first kappa shape index (κ1) is 21.7. The van der Waals surface area contributed by atoms with Crippen molar-refractivity contribution in [1.82, 2.24) is 10.6 Å². The van der Waals surface area contributed by atoms with Crippen LogP contribution in [0.1, 0.15) is 10.4 Å². The van der Waals surface area contributed by atoms with Gasteiger partial charge in [-0.3, -0.25) is 4.79 Å². The van der Waals surface area contributed by atoms with E-state index in [1.165, 1.54) is 0 Å². The minimum atomic E-state index is -1.83. The Morgan fingerprint density at radius 1 is 1.04 bits per heavy atom. The molecule has 0 aliphatic rings. The Bertz CT molecular complexity index is 817. The molecule has 2 aromatic carbocycles. The zero-order chi connectivity index (χ0) is 19.3. The average molecular weight is 561 g/mol. The molecule has 0 aromatic heterocycles. The second kappa shape index (κ2) is 9.57. The molecule has 0 saturated carbocycles. The van der Waals surface area contributed by atoms with Crippen LogP contribution in [0.15, 0.2) is 57.5 Å². The van der Waals surface area contributed by atoms with Crippen LogP contribution >= 0.6 is 78.9 Å². The summed E-state index contributed by atoms with van der Waals surface area (Å²) in [6, 6.07) is 14.2. The molecule has 0 aliphatic carbocycles. The topological polar surface area (TPSA) is 53.2 Å². The second-order valence-electron chi connectivity index (χ2n) is 5.04. The third-order valence-electron chi connectivity index (χ3n) is 3.09. The van der Waals surface area contributed by atoms with Crippen molar-refractivity contribution >= 4 is 95.6 Å². The number of anilines is 1. The first-order valence-corrected chi connectivity index (χ1v) is 10.2. The third kappa shape index (κ3) is 6.55. The van der Waals surface area contributed by atoms with E-state index in [0.717, 1.165) is 14.6 Å². The number of hydrogen-bond acceptors (Lipinski definition) is 2. The van der Waals surface area contributed by atoms with E-state index in [2.05, 4.69) is 47.8 Å². The quantitative estimate of drug-likeness (QED) is 0.258. The fourth-order valence-electron chi connectivity index (χ4n) is 1.90. The van der Waals surface area contributed by atoms with E-state index < -0.39 is 15.9 Å². The number of rotatable bonds is 4. The normalized spacial score (nSPS) is 12.2. The standard InChI is InChI=1S/C16H12Br2Cl3N3OS/c17-10-5-3-4-9(8-10)13(25)23-14(16(19,20)21)24-15(26)22-12-7-2-1-6-11(12)18/h1-8,14H,(H,23,25)(H2,22,24,26). The summed E-state index contributed by atoms with van der Waals surface area (Å²) in [5.41, 5.74) is 1.14. The maximum atomic E-state index is 12.4. The van der Waals surface area contributed by atoms with E-state index in [9.17, 15) is 4.79 Å². The summed E-state index contributed by atoms with van der Waals surface area (Å²) in [6.07, 6.45) is -1.05.